The number of hydrogen-bond donors (Lipinski definition) is 1. The lowest BCUT2D eigenvalue weighted by molar-refractivity contribution is 0.417. The molecule has 0 radical (unpaired) electrons. The zero-order valence-corrected chi connectivity index (χ0v) is 14.5. The standard InChI is InChI=1S/C17H31N3/c1-16(2,3)12-20(8)15-10-13(11-18-7)9-14(19-15)17(4,5)6/h9-10,18H,11-12H2,1-8H3. The Morgan fingerprint density at radius 2 is 1.70 bits per heavy atom. The van der Waals surface area contributed by atoms with Gasteiger partial charge in [-0.3, -0.25) is 0 Å². The lowest BCUT2D eigenvalue weighted by Crippen LogP contribution is -2.30. The summed E-state index contributed by atoms with van der Waals surface area (Å²) >= 11 is 0. The highest BCUT2D eigenvalue weighted by atomic mass is 15.2. The van der Waals surface area contributed by atoms with E-state index < -0.39 is 0 Å². The quantitative estimate of drug-likeness (QED) is 0.911. The molecule has 0 aliphatic carbocycles. The SMILES string of the molecule is CNCc1cc(N(C)CC(C)(C)C)nc(C(C)(C)C)c1. The predicted molar refractivity (Wildman–Crippen MR) is 88.4 cm³/mol. The van der Waals surface area contributed by atoms with Crippen LogP contribution in [0.5, 0.6) is 0 Å². The molecule has 0 aliphatic rings. The van der Waals surface area contributed by atoms with E-state index in [-0.39, 0.29) is 10.8 Å². The number of nitrogens with one attached hydrogen (secondary N) is 1. The number of aromatic nitrogens is 1. The molecule has 0 saturated heterocycles. The van der Waals surface area contributed by atoms with Crippen molar-refractivity contribution < 1.29 is 0 Å². The van der Waals surface area contributed by atoms with Gasteiger partial charge in [-0.05, 0) is 30.2 Å². The first-order valence-corrected chi connectivity index (χ1v) is 7.40. The third kappa shape index (κ3) is 5.12. The molecule has 114 valence electrons. The number of anilines is 1. The Morgan fingerprint density at radius 1 is 1.10 bits per heavy atom. The summed E-state index contributed by atoms with van der Waals surface area (Å²) < 4.78 is 0. The van der Waals surface area contributed by atoms with Crippen molar-refractivity contribution in [3.05, 3.63) is 23.4 Å². The lowest BCUT2D eigenvalue weighted by Gasteiger charge is -2.29. The molecule has 1 heterocycles. The van der Waals surface area contributed by atoms with E-state index in [1.54, 1.807) is 0 Å². The van der Waals surface area contributed by atoms with Crippen LogP contribution in [-0.4, -0.2) is 25.6 Å². The molecule has 0 bridgehead atoms. The minimum atomic E-state index is 0.0705. The minimum Gasteiger partial charge on any atom is -0.359 e. The largest absolute Gasteiger partial charge is 0.359 e. The predicted octanol–water partition coefficient (Wildman–Crippen LogP) is 3.58. The molecule has 3 heteroatoms. The van der Waals surface area contributed by atoms with Crippen molar-refractivity contribution in [2.45, 2.75) is 53.5 Å². The van der Waals surface area contributed by atoms with E-state index in [1.165, 1.54) is 5.56 Å². The van der Waals surface area contributed by atoms with Gasteiger partial charge in [0.05, 0.1) is 0 Å². The van der Waals surface area contributed by atoms with Gasteiger partial charge in [-0.15, -0.1) is 0 Å². The smallest absolute Gasteiger partial charge is 0.128 e. The second-order valence-electron chi connectivity index (χ2n) is 7.92. The Balaban J connectivity index is 3.15. The summed E-state index contributed by atoms with van der Waals surface area (Å²) in [7, 11) is 4.11. The summed E-state index contributed by atoms with van der Waals surface area (Å²) in [5.74, 6) is 1.07. The fourth-order valence-electron chi connectivity index (χ4n) is 2.25. The van der Waals surface area contributed by atoms with E-state index in [4.69, 9.17) is 4.98 Å². The van der Waals surface area contributed by atoms with Gasteiger partial charge in [-0.1, -0.05) is 41.5 Å². The van der Waals surface area contributed by atoms with Crippen LogP contribution >= 0.6 is 0 Å². The van der Waals surface area contributed by atoms with Crippen molar-refractivity contribution in [1.29, 1.82) is 0 Å². The highest BCUT2D eigenvalue weighted by molar-refractivity contribution is 5.43. The average molecular weight is 277 g/mol. The van der Waals surface area contributed by atoms with Crippen LogP contribution in [0.4, 0.5) is 5.82 Å². The first kappa shape index (κ1) is 17.0. The van der Waals surface area contributed by atoms with E-state index in [2.05, 4.69) is 70.9 Å². The van der Waals surface area contributed by atoms with Crippen molar-refractivity contribution in [2.24, 2.45) is 5.41 Å². The molecule has 0 spiro atoms. The van der Waals surface area contributed by atoms with Crippen LogP contribution in [0.25, 0.3) is 0 Å². The number of hydrogen-bond acceptors (Lipinski definition) is 3. The number of nitrogens with zero attached hydrogens (tertiary/aromatic N) is 2. The Hall–Kier alpha value is -1.09. The van der Waals surface area contributed by atoms with E-state index in [1.807, 2.05) is 7.05 Å². The third-order valence-electron chi connectivity index (χ3n) is 3.12. The summed E-state index contributed by atoms with van der Waals surface area (Å²) in [6.07, 6.45) is 0. The Labute approximate surface area is 124 Å². The van der Waals surface area contributed by atoms with Gasteiger partial charge in [0.25, 0.3) is 0 Å². The normalized spacial score (nSPS) is 12.6. The molecule has 1 aromatic heterocycles. The molecule has 0 atom stereocenters. The van der Waals surface area contributed by atoms with Crippen LogP contribution < -0.4 is 10.2 Å². The van der Waals surface area contributed by atoms with Crippen LogP contribution in [0.3, 0.4) is 0 Å². The molecule has 1 N–H and O–H groups in total. The molecule has 1 rings (SSSR count). The Bertz CT molecular complexity index is 439. The molecule has 0 unspecified atom stereocenters. The highest BCUT2D eigenvalue weighted by Crippen LogP contribution is 2.26. The molecule has 20 heavy (non-hydrogen) atoms. The molecule has 0 aromatic carbocycles. The van der Waals surface area contributed by atoms with Crippen molar-refractivity contribution >= 4 is 5.82 Å². The molecule has 1 aromatic rings. The third-order valence-corrected chi connectivity index (χ3v) is 3.12. The monoisotopic (exact) mass is 277 g/mol. The second-order valence-corrected chi connectivity index (χ2v) is 7.92. The van der Waals surface area contributed by atoms with Crippen LogP contribution in [0.1, 0.15) is 52.8 Å². The van der Waals surface area contributed by atoms with Gasteiger partial charge >= 0.3 is 0 Å². The van der Waals surface area contributed by atoms with Gasteiger partial charge in [0.1, 0.15) is 5.82 Å². The summed E-state index contributed by atoms with van der Waals surface area (Å²) in [4.78, 5) is 7.13. The molecule has 0 fully saturated rings. The zero-order valence-electron chi connectivity index (χ0n) is 14.5. The van der Waals surface area contributed by atoms with Crippen molar-refractivity contribution in [3.8, 4) is 0 Å². The van der Waals surface area contributed by atoms with Crippen molar-refractivity contribution in [3.63, 3.8) is 0 Å². The Kier molecular flexibility index (Phi) is 5.20. The van der Waals surface area contributed by atoms with Gasteiger partial charge < -0.3 is 10.2 Å². The Morgan fingerprint density at radius 3 is 2.15 bits per heavy atom. The summed E-state index contributed by atoms with van der Waals surface area (Å²) in [5, 5.41) is 3.23. The van der Waals surface area contributed by atoms with Crippen LogP contribution in [0, 0.1) is 5.41 Å². The molecule has 3 nitrogen and oxygen atoms in total. The summed E-state index contributed by atoms with van der Waals surface area (Å²) in [5.41, 5.74) is 2.78. The van der Waals surface area contributed by atoms with E-state index >= 15 is 0 Å². The van der Waals surface area contributed by atoms with Gasteiger partial charge in [0, 0.05) is 31.2 Å². The zero-order chi connectivity index (χ0) is 15.6. The molecule has 0 amide bonds. The molecular weight excluding hydrogens is 246 g/mol. The van der Waals surface area contributed by atoms with Crippen molar-refractivity contribution in [2.75, 3.05) is 25.5 Å². The average Bonchev–Trinajstić information content (AvgIpc) is 2.25. The maximum absolute atomic E-state index is 4.87. The van der Waals surface area contributed by atoms with Gasteiger partial charge in [0.2, 0.25) is 0 Å². The topological polar surface area (TPSA) is 28.2 Å². The van der Waals surface area contributed by atoms with Crippen LogP contribution in [-0.2, 0) is 12.0 Å². The maximum Gasteiger partial charge on any atom is 0.128 e. The lowest BCUT2D eigenvalue weighted by atomic mass is 9.90. The minimum absolute atomic E-state index is 0.0705. The first-order valence-electron chi connectivity index (χ1n) is 7.40. The summed E-state index contributed by atoms with van der Waals surface area (Å²) in [6.45, 7) is 15.3. The fraction of sp³-hybridized carbons (Fsp3) is 0.706. The first-order chi connectivity index (χ1) is 9.03. The molecule has 0 saturated carbocycles. The fourth-order valence-corrected chi connectivity index (χ4v) is 2.25. The van der Waals surface area contributed by atoms with E-state index in [0.29, 0.717) is 0 Å². The molecule has 0 aliphatic heterocycles. The van der Waals surface area contributed by atoms with Gasteiger partial charge in [0.15, 0.2) is 0 Å². The van der Waals surface area contributed by atoms with E-state index in [9.17, 15) is 0 Å². The number of pyridine rings is 1. The van der Waals surface area contributed by atoms with Crippen molar-refractivity contribution in [1.82, 2.24) is 10.3 Å². The van der Waals surface area contributed by atoms with Crippen LogP contribution in [0.2, 0.25) is 0 Å². The highest BCUT2D eigenvalue weighted by Gasteiger charge is 2.20. The second kappa shape index (κ2) is 6.13. The summed E-state index contributed by atoms with van der Waals surface area (Å²) in [6, 6.07) is 4.41. The van der Waals surface area contributed by atoms with Crippen LogP contribution in [0.15, 0.2) is 12.1 Å². The maximum atomic E-state index is 4.87. The molecular formula is C17H31N3. The van der Waals surface area contributed by atoms with Gasteiger partial charge in [-0.25, -0.2) is 4.98 Å². The van der Waals surface area contributed by atoms with Gasteiger partial charge in [-0.2, -0.15) is 0 Å². The van der Waals surface area contributed by atoms with E-state index in [0.717, 1.165) is 24.6 Å². The number of rotatable bonds is 4.